The maximum Gasteiger partial charge on any atom is 0.150 e. The Labute approximate surface area is 137 Å². The Balaban J connectivity index is 2.14. The Morgan fingerprint density at radius 2 is 2.09 bits per heavy atom. The molecule has 2 N–H and O–H groups in total. The number of pyridine rings is 2. The van der Waals surface area contributed by atoms with Gasteiger partial charge in [0, 0.05) is 41.5 Å². The Kier molecular flexibility index (Phi) is 3.28. The normalized spacial score (nSPS) is 11.0. The molecule has 0 atom stereocenters. The van der Waals surface area contributed by atoms with Crippen molar-refractivity contribution in [1.29, 1.82) is 0 Å². The van der Waals surface area contributed by atoms with Gasteiger partial charge in [0.1, 0.15) is 10.7 Å². The van der Waals surface area contributed by atoms with Crippen molar-refractivity contribution >= 4 is 22.6 Å². The lowest BCUT2D eigenvalue weighted by molar-refractivity contribution is 0.420. The van der Waals surface area contributed by atoms with Crippen LogP contribution in [0.15, 0.2) is 49.2 Å². The van der Waals surface area contributed by atoms with Gasteiger partial charge in [0.15, 0.2) is 5.75 Å². The first-order valence-electron chi connectivity index (χ1n) is 7.07. The van der Waals surface area contributed by atoms with Crippen LogP contribution < -0.4 is 4.74 Å². The van der Waals surface area contributed by atoms with Crippen LogP contribution in [-0.2, 0) is 0 Å². The lowest BCUT2D eigenvalue weighted by atomic mass is 10.0. The van der Waals surface area contributed by atoms with E-state index in [1.54, 1.807) is 19.5 Å². The molecule has 0 radical (unpaired) electrons. The molecular formula is C17H13ClN4O. The van der Waals surface area contributed by atoms with Crippen molar-refractivity contribution in [3.8, 4) is 28.1 Å². The third-order valence-corrected chi connectivity index (χ3v) is 4.04. The molecule has 0 saturated heterocycles. The quantitative estimate of drug-likeness (QED) is 0.591. The molecule has 4 aromatic heterocycles. The fourth-order valence-corrected chi connectivity index (χ4v) is 3.02. The predicted molar refractivity (Wildman–Crippen MR) is 90.7 cm³/mol. The number of fused-ring (bicyclic) bond motifs is 1. The number of H-pyrrole nitrogens is 2. The van der Waals surface area contributed by atoms with Crippen LogP contribution >= 0.6 is 11.6 Å². The molecule has 114 valence electrons. The molecule has 0 aliphatic rings. The monoisotopic (exact) mass is 324 g/mol. The third-order valence-electron chi connectivity index (χ3n) is 3.77. The molecule has 4 aromatic rings. The maximum atomic E-state index is 6.27. The van der Waals surface area contributed by atoms with Gasteiger partial charge in [0.2, 0.25) is 0 Å². The van der Waals surface area contributed by atoms with Crippen molar-refractivity contribution in [3.63, 3.8) is 0 Å². The van der Waals surface area contributed by atoms with Crippen LogP contribution in [0.5, 0.6) is 5.75 Å². The van der Waals surface area contributed by atoms with Gasteiger partial charge >= 0.3 is 0 Å². The smallest absolute Gasteiger partial charge is 0.150 e. The van der Waals surface area contributed by atoms with E-state index in [-0.39, 0.29) is 0 Å². The third kappa shape index (κ3) is 2.17. The summed E-state index contributed by atoms with van der Waals surface area (Å²) in [5.74, 6) is 0.605. The second-order valence-corrected chi connectivity index (χ2v) is 5.49. The highest BCUT2D eigenvalue weighted by Crippen LogP contribution is 2.43. The minimum Gasteiger partial charge on any atom is -0.494 e. The van der Waals surface area contributed by atoms with Gasteiger partial charge in [-0.2, -0.15) is 0 Å². The topological polar surface area (TPSA) is 66.6 Å². The fraction of sp³-hybridized carbons (Fsp3) is 0.0588. The summed E-state index contributed by atoms with van der Waals surface area (Å²) in [6.45, 7) is 0. The van der Waals surface area contributed by atoms with E-state index < -0.39 is 0 Å². The highest BCUT2D eigenvalue weighted by atomic mass is 35.5. The highest BCUT2D eigenvalue weighted by Gasteiger charge is 2.21. The molecule has 0 spiro atoms. The number of nitrogens with zero attached hydrogens (tertiary/aromatic N) is 2. The van der Waals surface area contributed by atoms with Crippen LogP contribution in [0.25, 0.3) is 33.4 Å². The minimum absolute atomic E-state index is 0.477. The molecule has 0 aromatic carbocycles. The summed E-state index contributed by atoms with van der Waals surface area (Å²) >= 11 is 6.27. The van der Waals surface area contributed by atoms with Gasteiger partial charge in [0.05, 0.1) is 24.4 Å². The largest absolute Gasteiger partial charge is 0.494 e. The average Bonchev–Trinajstić information content (AvgIpc) is 3.23. The van der Waals surface area contributed by atoms with E-state index in [9.17, 15) is 0 Å². The Morgan fingerprint density at radius 3 is 2.78 bits per heavy atom. The van der Waals surface area contributed by atoms with Crippen molar-refractivity contribution < 1.29 is 4.74 Å². The van der Waals surface area contributed by atoms with Gasteiger partial charge in [-0.25, -0.2) is 4.98 Å². The number of ether oxygens (including phenoxy) is 1. The van der Waals surface area contributed by atoms with Crippen molar-refractivity contribution in [2.45, 2.75) is 0 Å². The maximum absolute atomic E-state index is 6.27. The van der Waals surface area contributed by atoms with E-state index in [2.05, 4.69) is 19.9 Å². The zero-order valence-corrected chi connectivity index (χ0v) is 13.1. The number of nitrogens with one attached hydrogen (secondary N) is 2. The molecule has 4 heterocycles. The lowest BCUT2D eigenvalue weighted by Gasteiger charge is -2.07. The zero-order valence-electron chi connectivity index (χ0n) is 12.3. The van der Waals surface area contributed by atoms with Gasteiger partial charge < -0.3 is 14.7 Å². The van der Waals surface area contributed by atoms with Crippen molar-refractivity contribution in [2.24, 2.45) is 0 Å². The van der Waals surface area contributed by atoms with Crippen LogP contribution in [0, 0.1) is 0 Å². The summed E-state index contributed by atoms with van der Waals surface area (Å²) in [5, 5.41) is 1.33. The molecule has 0 saturated carbocycles. The standard InChI is InChI=1S/C17H13ClN4O/c1-23-16-12(18)9-21-17-14(16)13(10-3-2-5-19-7-10)15(22-17)11-4-6-20-8-11/h2-9,20H,1H3,(H,21,22). The first kappa shape index (κ1) is 13.8. The van der Waals surface area contributed by atoms with Crippen LogP contribution in [0.1, 0.15) is 0 Å². The molecule has 6 heteroatoms. The molecule has 0 aliphatic heterocycles. The number of aromatic amines is 2. The molecule has 0 bridgehead atoms. The lowest BCUT2D eigenvalue weighted by Crippen LogP contribution is -1.89. The van der Waals surface area contributed by atoms with Gasteiger partial charge in [-0.3, -0.25) is 4.98 Å². The average molecular weight is 325 g/mol. The number of hydrogen-bond donors (Lipinski definition) is 2. The number of aromatic nitrogens is 4. The molecule has 0 fully saturated rings. The van der Waals surface area contributed by atoms with E-state index in [0.29, 0.717) is 10.8 Å². The van der Waals surface area contributed by atoms with Crippen LogP contribution in [0.3, 0.4) is 0 Å². The molecule has 0 amide bonds. The van der Waals surface area contributed by atoms with Gasteiger partial charge in [-0.1, -0.05) is 17.7 Å². The number of halogens is 1. The van der Waals surface area contributed by atoms with E-state index in [1.165, 1.54) is 0 Å². The van der Waals surface area contributed by atoms with Crippen LogP contribution in [0.2, 0.25) is 5.02 Å². The molecule has 23 heavy (non-hydrogen) atoms. The summed E-state index contributed by atoms with van der Waals surface area (Å²) in [5.41, 5.74) is 4.64. The van der Waals surface area contributed by atoms with E-state index >= 15 is 0 Å². The molecular weight excluding hydrogens is 312 g/mol. The molecule has 4 rings (SSSR count). The molecule has 5 nitrogen and oxygen atoms in total. The van der Waals surface area contributed by atoms with E-state index in [1.807, 2.05) is 36.8 Å². The fourth-order valence-electron chi connectivity index (χ4n) is 2.80. The summed E-state index contributed by atoms with van der Waals surface area (Å²) in [7, 11) is 1.61. The van der Waals surface area contributed by atoms with E-state index in [4.69, 9.17) is 16.3 Å². The molecule has 0 unspecified atom stereocenters. The van der Waals surface area contributed by atoms with E-state index in [0.717, 1.165) is 33.4 Å². The van der Waals surface area contributed by atoms with Crippen molar-refractivity contribution in [1.82, 2.24) is 19.9 Å². The number of rotatable bonds is 3. The summed E-state index contributed by atoms with van der Waals surface area (Å²) in [4.78, 5) is 15.1. The summed E-state index contributed by atoms with van der Waals surface area (Å²) in [6.07, 6.45) is 8.97. The van der Waals surface area contributed by atoms with Gasteiger partial charge in [0.25, 0.3) is 0 Å². The van der Waals surface area contributed by atoms with Crippen molar-refractivity contribution in [2.75, 3.05) is 7.11 Å². The second-order valence-electron chi connectivity index (χ2n) is 5.08. The van der Waals surface area contributed by atoms with Gasteiger partial charge in [-0.15, -0.1) is 0 Å². The SMILES string of the molecule is COc1c(Cl)cnc2[nH]c(-c3cc[nH]c3)c(-c3cccnc3)c12. The first-order chi connectivity index (χ1) is 11.3. The summed E-state index contributed by atoms with van der Waals surface area (Å²) < 4.78 is 5.53. The summed E-state index contributed by atoms with van der Waals surface area (Å²) in [6, 6.07) is 5.91. The van der Waals surface area contributed by atoms with Crippen LogP contribution in [0.4, 0.5) is 0 Å². The molecule has 0 aliphatic carbocycles. The second kappa shape index (κ2) is 5.44. The number of hydrogen-bond acceptors (Lipinski definition) is 3. The highest BCUT2D eigenvalue weighted by molar-refractivity contribution is 6.33. The van der Waals surface area contributed by atoms with Crippen LogP contribution in [-0.4, -0.2) is 27.0 Å². The first-order valence-corrected chi connectivity index (χ1v) is 7.45. The van der Waals surface area contributed by atoms with Gasteiger partial charge in [-0.05, 0) is 12.1 Å². The Morgan fingerprint density at radius 1 is 1.17 bits per heavy atom. The Hall–Kier alpha value is -2.79. The minimum atomic E-state index is 0.477. The van der Waals surface area contributed by atoms with Crippen molar-refractivity contribution in [3.05, 3.63) is 54.2 Å². The zero-order chi connectivity index (χ0) is 15.8. The predicted octanol–water partition coefficient (Wildman–Crippen LogP) is 4.28. The number of methoxy groups -OCH3 is 1. The Bertz CT molecular complexity index is 961.